The van der Waals surface area contributed by atoms with Crippen LogP contribution >= 0.6 is 11.3 Å². The van der Waals surface area contributed by atoms with E-state index in [1.54, 1.807) is 17.5 Å². The Bertz CT molecular complexity index is 665. The SMILES string of the molecule is Cc1cnn(C(C)c2nc3ccccc3s2)c1N. The van der Waals surface area contributed by atoms with Gasteiger partial charge in [0.2, 0.25) is 0 Å². The predicted octanol–water partition coefficient (Wildman–Crippen LogP) is 2.99. The summed E-state index contributed by atoms with van der Waals surface area (Å²) >= 11 is 1.69. The summed E-state index contributed by atoms with van der Waals surface area (Å²) in [4.78, 5) is 4.64. The standard InChI is InChI=1S/C13H14N4S/c1-8-7-15-17(12(8)14)9(2)13-16-10-5-3-4-6-11(10)18-13/h3-7,9H,14H2,1-2H3. The number of thiazole rings is 1. The minimum atomic E-state index is 0.0658. The van der Waals surface area contributed by atoms with E-state index in [4.69, 9.17) is 5.73 Å². The molecule has 0 aliphatic heterocycles. The molecule has 0 bridgehead atoms. The Labute approximate surface area is 109 Å². The van der Waals surface area contributed by atoms with Gasteiger partial charge in [-0.25, -0.2) is 9.67 Å². The minimum absolute atomic E-state index is 0.0658. The minimum Gasteiger partial charge on any atom is -0.384 e. The second-order valence-electron chi connectivity index (χ2n) is 4.35. The maximum Gasteiger partial charge on any atom is 0.125 e. The summed E-state index contributed by atoms with van der Waals surface area (Å²) in [6.45, 7) is 4.03. The van der Waals surface area contributed by atoms with Crippen LogP contribution in [-0.2, 0) is 0 Å². The average molecular weight is 258 g/mol. The van der Waals surface area contributed by atoms with Crippen molar-refractivity contribution in [3.63, 3.8) is 0 Å². The molecule has 0 fully saturated rings. The van der Waals surface area contributed by atoms with Gasteiger partial charge >= 0.3 is 0 Å². The van der Waals surface area contributed by atoms with Crippen LogP contribution in [0.2, 0.25) is 0 Å². The van der Waals surface area contributed by atoms with Crippen LogP contribution in [0.1, 0.15) is 23.5 Å². The van der Waals surface area contributed by atoms with Crippen molar-refractivity contribution in [1.82, 2.24) is 14.8 Å². The summed E-state index contributed by atoms with van der Waals surface area (Å²) in [5.74, 6) is 0.710. The molecule has 2 aromatic heterocycles. The van der Waals surface area contributed by atoms with Gasteiger partial charge < -0.3 is 5.73 Å². The molecular formula is C13H14N4S. The maximum absolute atomic E-state index is 6.01. The van der Waals surface area contributed by atoms with Gasteiger partial charge in [-0.15, -0.1) is 11.3 Å². The number of anilines is 1. The zero-order valence-electron chi connectivity index (χ0n) is 10.3. The van der Waals surface area contributed by atoms with Crippen molar-refractivity contribution in [2.24, 2.45) is 0 Å². The molecule has 4 nitrogen and oxygen atoms in total. The van der Waals surface area contributed by atoms with Crippen molar-refractivity contribution < 1.29 is 0 Å². The highest BCUT2D eigenvalue weighted by Gasteiger charge is 2.16. The molecule has 0 saturated carbocycles. The van der Waals surface area contributed by atoms with Crippen LogP contribution in [0.5, 0.6) is 0 Å². The van der Waals surface area contributed by atoms with E-state index in [1.807, 2.05) is 29.8 Å². The number of hydrogen-bond acceptors (Lipinski definition) is 4. The molecular weight excluding hydrogens is 244 g/mol. The van der Waals surface area contributed by atoms with Gasteiger partial charge in [-0.1, -0.05) is 12.1 Å². The maximum atomic E-state index is 6.01. The second-order valence-corrected chi connectivity index (χ2v) is 5.42. The van der Waals surface area contributed by atoms with Gasteiger partial charge in [0.1, 0.15) is 16.9 Å². The average Bonchev–Trinajstić information content (AvgIpc) is 2.94. The number of nitrogens with two attached hydrogens (primary N) is 1. The van der Waals surface area contributed by atoms with Crippen LogP contribution in [0.25, 0.3) is 10.2 Å². The number of hydrogen-bond donors (Lipinski definition) is 1. The third kappa shape index (κ3) is 1.67. The van der Waals surface area contributed by atoms with E-state index >= 15 is 0 Å². The lowest BCUT2D eigenvalue weighted by Crippen LogP contribution is -2.11. The number of aromatic nitrogens is 3. The van der Waals surface area contributed by atoms with E-state index in [1.165, 1.54) is 4.70 Å². The molecule has 0 aliphatic rings. The molecule has 1 aromatic carbocycles. The third-order valence-electron chi connectivity index (χ3n) is 3.06. The number of para-hydroxylation sites is 1. The number of rotatable bonds is 2. The van der Waals surface area contributed by atoms with Gasteiger partial charge in [-0.05, 0) is 26.0 Å². The van der Waals surface area contributed by atoms with Crippen molar-refractivity contribution in [3.05, 3.63) is 41.0 Å². The first-order valence-electron chi connectivity index (χ1n) is 5.82. The van der Waals surface area contributed by atoms with Crippen molar-refractivity contribution in [3.8, 4) is 0 Å². The Balaban J connectivity index is 2.06. The lowest BCUT2D eigenvalue weighted by molar-refractivity contribution is 0.571. The van der Waals surface area contributed by atoms with E-state index in [0.717, 1.165) is 16.1 Å². The first-order chi connectivity index (χ1) is 8.66. The molecule has 2 heterocycles. The first-order valence-corrected chi connectivity index (χ1v) is 6.63. The van der Waals surface area contributed by atoms with E-state index < -0.39 is 0 Å². The van der Waals surface area contributed by atoms with Crippen LogP contribution in [0, 0.1) is 6.92 Å². The monoisotopic (exact) mass is 258 g/mol. The Morgan fingerprint density at radius 1 is 1.33 bits per heavy atom. The third-order valence-corrected chi connectivity index (χ3v) is 4.27. The van der Waals surface area contributed by atoms with Crippen LogP contribution in [0.3, 0.4) is 0 Å². The number of fused-ring (bicyclic) bond motifs is 1. The summed E-state index contributed by atoms with van der Waals surface area (Å²) < 4.78 is 3.02. The summed E-state index contributed by atoms with van der Waals surface area (Å²) in [7, 11) is 0. The van der Waals surface area contributed by atoms with Crippen molar-refractivity contribution in [2.75, 3.05) is 5.73 Å². The Morgan fingerprint density at radius 3 is 2.78 bits per heavy atom. The Hall–Kier alpha value is -1.88. The highest BCUT2D eigenvalue weighted by molar-refractivity contribution is 7.18. The molecule has 0 aliphatic carbocycles. The van der Waals surface area contributed by atoms with Crippen LogP contribution in [0.15, 0.2) is 30.5 Å². The molecule has 3 aromatic rings. The Morgan fingerprint density at radius 2 is 2.11 bits per heavy atom. The quantitative estimate of drug-likeness (QED) is 0.768. The molecule has 0 spiro atoms. The number of benzene rings is 1. The van der Waals surface area contributed by atoms with Crippen LogP contribution in [-0.4, -0.2) is 14.8 Å². The topological polar surface area (TPSA) is 56.7 Å². The van der Waals surface area contributed by atoms with Crippen LogP contribution in [0.4, 0.5) is 5.82 Å². The fourth-order valence-corrected chi connectivity index (χ4v) is 2.94. The summed E-state index contributed by atoms with van der Waals surface area (Å²) in [5, 5.41) is 5.35. The fourth-order valence-electron chi connectivity index (χ4n) is 1.94. The van der Waals surface area contributed by atoms with Gasteiger partial charge in [-0.3, -0.25) is 0 Å². The molecule has 5 heteroatoms. The molecule has 3 rings (SSSR count). The molecule has 1 atom stereocenters. The van der Waals surface area contributed by atoms with Crippen molar-refractivity contribution in [2.45, 2.75) is 19.9 Å². The summed E-state index contributed by atoms with van der Waals surface area (Å²) in [6.07, 6.45) is 1.79. The smallest absolute Gasteiger partial charge is 0.125 e. The molecule has 92 valence electrons. The lowest BCUT2D eigenvalue weighted by atomic mass is 10.3. The zero-order chi connectivity index (χ0) is 12.7. The van der Waals surface area contributed by atoms with Crippen molar-refractivity contribution in [1.29, 1.82) is 0 Å². The number of nitrogens with zero attached hydrogens (tertiary/aromatic N) is 3. The predicted molar refractivity (Wildman–Crippen MR) is 74.8 cm³/mol. The molecule has 2 N–H and O–H groups in total. The van der Waals surface area contributed by atoms with Gasteiger partial charge in [0, 0.05) is 5.56 Å². The fraction of sp³-hybridized carbons (Fsp3) is 0.231. The largest absolute Gasteiger partial charge is 0.384 e. The summed E-state index contributed by atoms with van der Waals surface area (Å²) in [5.41, 5.74) is 8.05. The molecule has 1 unspecified atom stereocenters. The molecule has 18 heavy (non-hydrogen) atoms. The first kappa shape index (κ1) is 11.2. The van der Waals surface area contributed by atoms with Gasteiger partial charge in [0.25, 0.3) is 0 Å². The van der Waals surface area contributed by atoms with E-state index in [9.17, 15) is 0 Å². The van der Waals surface area contributed by atoms with Gasteiger partial charge in [0.15, 0.2) is 0 Å². The zero-order valence-corrected chi connectivity index (χ0v) is 11.1. The lowest BCUT2D eigenvalue weighted by Gasteiger charge is -2.10. The van der Waals surface area contributed by atoms with Gasteiger partial charge in [0.05, 0.1) is 16.4 Å². The second kappa shape index (κ2) is 4.10. The number of aryl methyl sites for hydroxylation is 1. The highest BCUT2D eigenvalue weighted by Crippen LogP contribution is 2.29. The van der Waals surface area contributed by atoms with Crippen molar-refractivity contribution >= 4 is 27.4 Å². The normalized spacial score (nSPS) is 13.0. The Kier molecular flexibility index (Phi) is 2.56. The highest BCUT2D eigenvalue weighted by atomic mass is 32.1. The molecule has 0 amide bonds. The van der Waals surface area contributed by atoms with Crippen LogP contribution < -0.4 is 5.73 Å². The van der Waals surface area contributed by atoms with E-state index in [0.29, 0.717) is 5.82 Å². The van der Waals surface area contributed by atoms with E-state index in [-0.39, 0.29) is 6.04 Å². The van der Waals surface area contributed by atoms with E-state index in [2.05, 4.69) is 23.1 Å². The molecule has 0 radical (unpaired) electrons. The van der Waals surface area contributed by atoms with Gasteiger partial charge in [-0.2, -0.15) is 5.10 Å². The summed E-state index contributed by atoms with van der Waals surface area (Å²) in [6, 6.07) is 8.21. The molecule has 0 saturated heterocycles. The number of nitrogen functional groups attached to an aromatic ring is 1.